The normalized spacial score (nSPS) is 30.1. The lowest BCUT2D eigenvalue weighted by Gasteiger charge is -2.54. The van der Waals surface area contributed by atoms with E-state index in [9.17, 15) is 4.79 Å². The molecule has 3 atom stereocenters. The number of amides is 2. The molecule has 1 aromatic rings. The zero-order chi connectivity index (χ0) is 17.4. The molecule has 2 heterocycles. The summed E-state index contributed by atoms with van der Waals surface area (Å²) in [5, 5.41) is 6.22. The van der Waals surface area contributed by atoms with Crippen LogP contribution >= 0.6 is 0 Å². The number of nitrogens with one attached hydrogen (secondary N) is 2. The van der Waals surface area contributed by atoms with Gasteiger partial charge in [0.1, 0.15) is 0 Å². The van der Waals surface area contributed by atoms with Crippen LogP contribution in [-0.2, 0) is 17.7 Å². The number of rotatable bonds is 4. The van der Waals surface area contributed by atoms with E-state index >= 15 is 0 Å². The van der Waals surface area contributed by atoms with Gasteiger partial charge in [-0.1, -0.05) is 38.1 Å². The Hall–Kier alpha value is -1.59. The molecule has 2 aliphatic heterocycles. The average Bonchev–Trinajstić information content (AvgIpc) is 3.07. The Morgan fingerprint density at radius 1 is 1.32 bits per heavy atom. The molecule has 1 aliphatic carbocycles. The van der Waals surface area contributed by atoms with Crippen molar-refractivity contribution in [1.82, 2.24) is 15.5 Å². The molecule has 5 heteroatoms. The van der Waals surface area contributed by atoms with Crippen molar-refractivity contribution in [3.8, 4) is 0 Å². The third kappa shape index (κ3) is 3.15. The van der Waals surface area contributed by atoms with Gasteiger partial charge in [-0.2, -0.15) is 0 Å². The highest BCUT2D eigenvalue weighted by Gasteiger charge is 2.59. The number of fused-ring (bicyclic) bond motifs is 2. The number of carbonyl (C=O) groups is 1. The molecule has 25 heavy (non-hydrogen) atoms. The number of urea groups is 1. The molecule has 2 N–H and O–H groups in total. The van der Waals surface area contributed by atoms with Gasteiger partial charge in [0.2, 0.25) is 0 Å². The van der Waals surface area contributed by atoms with Crippen LogP contribution in [0, 0.1) is 11.3 Å². The van der Waals surface area contributed by atoms with Crippen molar-refractivity contribution in [2.75, 3.05) is 26.2 Å². The van der Waals surface area contributed by atoms with Crippen LogP contribution in [0.15, 0.2) is 24.3 Å². The van der Waals surface area contributed by atoms with E-state index in [0.29, 0.717) is 18.6 Å². The van der Waals surface area contributed by atoms with Crippen molar-refractivity contribution in [1.29, 1.82) is 0 Å². The molecule has 0 radical (unpaired) electrons. The molecular weight excluding hydrogens is 314 g/mol. The zero-order valence-electron chi connectivity index (χ0n) is 15.3. The summed E-state index contributed by atoms with van der Waals surface area (Å²) in [6.07, 6.45) is 2.47. The minimum atomic E-state index is -0.0409. The van der Waals surface area contributed by atoms with Crippen molar-refractivity contribution in [3.05, 3.63) is 35.4 Å². The van der Waals surface area contributed by atoms with E-state index in [1.807, 2.05) is 0 Å². The van der Waals surface area contributed by atoms with E-state index in [2.05, 4.69) is 53.6 Å². The van der Waals surface area contributed by atoms with Crippen molar-refractivity contribution < 1.29 is 9.53 Å². The topological polar surface area (TPSA) is 53.6 Å². The lowest BCUT2D eigenvalue weighted by molar-refractivity contribution is -0.108. The van der Waals surface area contributed by atoms with Crippen LogP contribution in [0.4, 0.5) is 4.79 Å². The summed E-state index contributed by atoms with van der Waals surface area (Å²) in [4.78, 5) is 14.7. The van der Waals surface area contributed by atoms with E-state index in [0.717, 1.165) is 39.1 Å². The molecule has 1 saturated carbocycles. The molecule has 5 nitrogen and oxygen atoms in total. The summed E-state index contributed by atoms with van der Waals surface area (Å²) in [6, 6.07) is 8.83. The second kappa shape index (κ2) is 6.61. The van der Waals surface area contributed by atoms with Crippen LogP contribution in [0.3, 0.4) is 0 Å². The fraction of sp³-hybridized carbons (Fsp3) is 0.650. The van der Waals surface area contributed by atoms with Gasteiger partial charge in [0, 0.05) is 50.2 Å². The molecule has 3 aliphatic rings. The second-order valence-corrected chi connectivity index (χ2v) is 8.24. The number of ether oxygens (including phenoxy) is 1. The fourth-order valence-corrected chi connectivity index (χ4v) is 4.88. The molecule has 1 saturated heterocycles. The predicted molar refractivity (Wildman–Crippen MR) is 97.4 cm³/mol. The van der Waals surface area contributed by atoms with Gasteiger partial charge in [0.25, 0.3) is 0 Å². The molecule has 2 amide bonds. The summed E-state index contributed by atoms with van der Waals surface area (Å²) < 4.78 is 5.79. The maximum atomic E-state index is 12.3. The quantitative estimate of drug-likeness (QED) is 0.881. The van der Waals surface area contributed by atoms with Crippen molar-refractivity contribution >= 4 is 6.03 Å². The Balaban J connectivity index is 1.21. The Morgan fingerprint density at radius 3 is 2.96 bits per heavy atom. The lowest BCUT2D eigenvalue weighted by Crippen LogP contribution is -2.67. The first-order chi connectivity index (χ1) is 12.1. The van der Waals surface area contributed by atoms with Gasteiger partial charge in [-0.15, -0.1) is 0 Å². The maximum Gasteiger partial charge on any atom is 0.315 e. The highest BCUT2D eigenvalue weighted by Crippen LogP contribution is 2.52. The number of nitrogens with zero attached hydrogens (tertiary/aromatic N) is 1. The average molecular weight is 343 g/mol. The van der Waals surface area contributed by atoms with Gasteiger partial charge in [-0.25, -0.2) is 4.79 Å². The Labute approximate surface area is 150 Å². The number of hydrogen-bond acceptors (Lipinski definition) is 3. The van der Waals surface area contributed by atoms with Crippen molar-refractivity contribution in [2.45, 2.75) is 45.4 Å². The van der Waals surface area contributed by atoms with Crippen LogP contribution in [0.1, 0.15) is 31.4 Å². The van der Waals surface area contributed by atoms with Crippen molar-refractivity contribution in [2.24, 2.45) is 11.3 Å². The summed E-state index contributed by atoms with van der Waals surface area (Å²) in [6.45, 7) is 8.84. The van der Waals surface area contributed by atoms with E-state index in [-0.39, 0.29) is 17.5 Å². The SMILES string of the molecule is CC1(C)C(NC(=O)NCCN2CCc3ccccc3C2)C2CCOC21. The summed E-state index contributed by atoms with van der Waals surface area (Å²) in [5.41, 5.74) is 2.92. The minimum Gasteiger partial charge on any atom is -0.377 e. The van der Waals surface area contributed by atoms with Crippen LogP contribution in [0.5, 0.6) is 0 Å². The third-order valence-corrected chi connectivity index (χ3v) is 6.31. The van der Waals surface area contributed by atoms with Gasteiger partial charge >= 0.3 is 6.03 Å². The Morgan fingerprint density at radius 2 is 2.12 bits per heavy atom. The minimum absolute atomic E-state index is 0.0368. The third-order valence-electron chi connectivity index (χ3n) is 6.31. The second-order valence-electron chi connectivity index (χ2n) is 8.24. The first-order valence-electron chi connectivity index (χ1n) is 9.51. The summed E-state index contributed by atoms with van der Waals surface area (Å²) in [5.74, 6) is 0.486. The highest BCUT2D eigenvalue weighted by molar-refractivity contribution is 5.74. The Kier molecular flexibility index (Phi) is 4.46. The number of hydrogen-bond donors (Lipinski definition) is 2. The monoisotopic (exact) mass is 343 g/mol. The van der Waals surface area contributed by atoms with Crippen LogP contribution in [0.25, 0.3) is 0 Å². The first kappa shape index (κ1) is 16.9. The highest BCUT2D eigenvalue weighted by atomic mass is 16.5. The van der Waals surface area contributed by atoms with E-state index in [4.69, 9.17) is 4.74 Å². The van der Waals surface area contributed by atoms with E-state index in [1.54, 1.807) is 0 Å². The molecule has 2 fully saturated rings. The largest absolute Gasteiger partial charge is 0.377 e. The molecular formula is C20H29N3O2. The van der Waals surface area contributed by atoms with Crippen LogP contribution < -0.4 is 10.6 Å². The van der Waals surface area contributed by atoms with E-state index < -0.39 is 0 Å². The van der Waals surface area contributed by atoms with Crippen LogP contribution in [0.2, 0.25) is 0 Å². The van der Waals surface area contributed by atoms with Crippen LogP contribution in [-0.4, -0.2) is 49.3 Å². The molecule has 0 bridgehead atoms. The molecule has 136 valence electrons. The molecule has 4 rings (SSSR count). The van der Waals surface area contributed by atoms with E-state index in [1.165, 1.54) is 11.1 Å². The Bertz CT molecular complexity index is 646. The number of benzene rings is 1. The predicted octanol–water partition coefficient (Wildman–Crippen LogP) is 2.16. The molecule has 0 aromatic heterocycles. The lowest BCUT2D eigenvalue weighted by atomic mass is 9.57. The fourth-order valence-electron chi connectivity index (χ4n) is 4.88. The standard InChI is InChI=1S/C20H29N3O2/c1-20(2)17(16-8-12-25-18(16)20)22-19(24)21-9-11-23-10-7-14-5-3-4-6-15(14)13-23/h3-6,16-18H,7-13H2,1-2H3,(H2,21,22,24). The first-order valence-corrected chi connectivity index (χ1v) is 9.51. The van der Waals surface area contributed by atoms with Gasteiger partial charge in [0.15, 0.2) is 0 Å². The zero-order valence-corrected chi connectivity index (χ0v) is 15.3. The molecule has 1 aromatic carbocycles. The molecule has 3 unspecified atom stereocenters. The van der Waals surface area contributed by atoms with Gasteiger partial charge in [-0.3, -0.25) is 4.90 Å². The van der Waals surface area contributed by atoms with Crippen molar-refractivity contribution in [3.63, 3.8) is 0 Å². The van der Waals surface area contributed by atoms with Gasteiger partial charge in [0.05, 0.1) is 6.10 Å². The smallest absolute Gasteiger partial charge is 0.315 e. The number of carbonyl (C=O) groups excluding carboxylic acids is 1. The van der Waals surface area contributed by atoms with Gasteiger partial charge < -0.3 is 15.4 Å². The summed E-state index contributed by atoms with van der Waals surface area (Å²) in [7, 11) is 0. The summed E-state index contributed by atoms with van der Waals surface area (Å²) >= 11 is 0. The van der Waals surface area contributed by atoms with Gasteiger partial charge in [-0.05, 0) is 24.0 Å². The molecule has 0 spiro atoms. The maximum absolute atomic E-state index is 12.3.